The van der Waals surface area contributed by atoms with Crippen molar-refractivity contribution in [2.24, 2.45) is 0 Å². The molecule has 0 spiro atoms. The van der Waals surface area contributed by atoms with E-state index in [1.165, 1.54) is 0 Å². The smallest absolute Gasteiger partial charge is 0.310 e. The molecule has 0 aliphatic rings. The van der Waals surface area contributed by atoms with Crippen LogP contribution in [-0.2, 0) is 22.6 Å². The summed E-state index contributed by atoms with van der Waals surface area (Å²) in [6, 6.07) is 18.5. The predicted molar refractivity (Wildman–Crippen MR) is 71.1 cm³/mol. The van der Waals surface area contributed by atoms with Crippen LogP contribution in [0.3, 0.4) is 0 Å². The van der Waals surface area contributed by atoms with Gasteiger partial charge in [-0.15, -0.1) is 0 Å². The van der Waals surface area contributed by atoms with Gasteiger partial charge in [0.25, 0.3) is 0 Å². The number of rotatable bonds is 4. The van der Waals surface area contributed by atoms with Crippen LogP contribution in [0.1, 0.15) is 16.7 Å². The first-order valence-electron chi connectivity index (χ1n) is 5.96. The molecule has 0 saturated heterocycles. The Balaban J connectivity index is 1.86. The molecule has 2 aromatic carbocycles. The molecule has 3 nitrogen and oxygen atoms in total. The van der Waals surface area contributed by atoms with Gasteiger partial charge in [-0.25, -0.2) is 0 Å². The van der Waals surface area contributed by atoms with E-state index in [9.17, 15) is 4.79 Å². The molecule has 0 aliphatic heterocycles. The summed E-state index contributed by atoms with van der Waals surface area (Å²) < 4.78 is 5.18. The van der Waals surface area contributed by atoms with Crippen LogP contribution >= 0.6 is 0 Å². The summed E-state index contributed by atoms with van der Waals surface area (Å²) in [5.74, 6) is -0.270. The van der Waals surface area contributed by atoms with Gasteiger partial charge in [0.2, 0.25) is 0 Å². The van der Waals surface area contributed by atoms with Crippen molar-refractivity contribution >= 4 is 5.97 Å². The average Bonchev–Trinajstić information content (AvgIpc) is 2.47. The summed E-state index contributed by atoms with van der Waals surface area (Å²) in [6.45, 7) is 0.288. The monoisotopic (exact) mass is 251 g/mol. The van der Waals surface area contributed by atoms with Crippen molar-refractivity contribution in [1.29, 1.82) is 5.26 Å². The van der Waals surface area contributed by atoms with Gasteiger partial charge in [-0.2, -0.15) is 5.26 Å². The van der Waals surface area contributed by atoms with Crippen LogP contribution in [0.5, 0.6) is 0 Å². The van der Waals surface area contributed by atoms with Crippen molar-refractivity contribution in [2.75, 3.05) is 0 Å². The average molecular weight is 251 g/mol. The van der Waals surface area contributed by atoms with Gasteiger partial charge >= 0.3 is 5.97 Å². The lowest BCUT2D eigenvalue weighted by molar-refractivity contribution is -0.144. The lowest BCUT2D eigenvalue weighted by Crippen LogP contribution is -2.07. The highest BCUT2D eigenvalue weighted by molar-refractivity contribution is 5.72. The van der Waals surface area contributed by atoms with E-state index in [1.54, 1.807) is 24.3 Å². The fraction of sp³-hybridized carbons (Fsp3) is 0.125. The number of nitrogens with zero attached hydrogens (tertiary/aromatic N) is 1. The first-order chi connectivity index (χ1) is 9.28. The van der Waals surface area contributed by atoms with Gasteiger partial charge in [0.05, 0.1) is 18.1 Å². The van der Waals surface area contributed by atoms with Crippen LogP contribution in [0.15, 0.2) is 54.6 Å². The molecule has 0 atom stereocenters. The van der Waals surface area contributed by atoms with Gasteiger partial charge in [0.1, 0.15) is 6.61 Å². The maximum Gasteiger partial charge on any atom is 0.310 e. The minimum absolute atomic E-state index is 0.221. The maximum atomic E-state index is 11.7. The van der Waals surface area contributed by atoms with Crippen LogP contribution in [-0.4, -0.2) is 5.97 Å². The Morgan fingerprint density at radius 2 is 1.68 bits per heavy atom. The number of hydrogen-bond donors (Lipinski definition) is 0. The Hall–Kier alpha value is -2.60. The van der Waals surface area contributed by atoms with Gasteiger partial charge in [-0.05, 0) is 23.3 Å². The Labute approximate surface area is 112 Å². The molecule has 0 unspecified atom stereocenters. The van der Waals surface area contributed by atoms with E-state index >= 15 is 0 Å². The Morgan fingerprint density at radius 3 is 2.32 bits per heavy atom. The van der Waals surface area contributed by atoms with Gasteiger partial charge in [0.15, 0.2) is 0 Å². The summed E-state index contributed by atoms with van der Waals surface area (Å²) in [7, 11) is 0. The van der Waals surface area contributed by atoms with Gasteiger partial charge in [-0.3, -0.25) is 4.79 Å². The van der Waals surface area contributed by atoms with Crippen LogP contribution in [0, 0.1) is 11.3 Å². The standard InChI is InChI=1S/C16H13NO2/c17-11-14-8-6-13(7-9-14)10-16(18)19-12-15-4-2-1-3-5-15/h1-9H,10,12H2. The largest absolute Gasteiger partial charge is 0.461 e. The van der Waals surface area contributed by atoms with E-state index in [2.05, 4.69) is 0 Å². The zero-order chi connectivity index (χ0) is 13.5. The van der Waals surface area contributed by atoms with Gasteiger partial charge in [0, 0.05) is 0 Å². The molecule has 94 valence electrons. The second-order valence-corrected chi connectivity index (χ2v) is 4.13. The molecule has 2 aromatic rings. The van der Waals surface area contributed by atoms with Crippen molar-refractivity contribution in [3.05, 3.63) is 71.3 Å². The van der Waals surface area contributed by atoms with Gasteiger partial charge < -0.3 is 4.74 Å². The van der Waals surface area contributed by atoms with E-state index in [0.717, 1.165) is 11.1 Å². The molecule has 0 saturated carbocycles. The van der Waals surface area contributed by atoms with Gasteiger partial charge in [-0.1, -0.05) is 42.5 Å². The fourth-order valence-electron chi connectivity index (χ4n) is 1.65. The molecule has 0 fully saturated rings. The number of benzene rings is 2. The second-order valence-electron chi connectivity index (χ2n) is 4.13. The van der Waals surface area contributed by atoms with Crippen molar-refractivity contribution in [3.8, 4) is 6.07 Å². The Kier molecular flexibility index (Phi) is 4.30. The number of ether oxygens (including phenoxy) is 1. The molecule has 19 heavy (non-hydrogen) atoms. The molecule has 0 heterocycles. The normalized spacial score (nSPS) is 9.63. The molecular formula is C16H13NO2. The lowest BCUT2D eigenvalue weighted by Gasteiger charge is -2.05. The van der Waals surface area contributed by atoms with Crippen LogP contribution in [0.2, 0.25) is 0 Å². The number of nitriles is 1. The van der Waals surface area contributed by atoms with E-state index in [1.807, 2.05) is 36.4 Å². The van der Waals surface area contributed by atoms with Crippen LogP contribution in [0.25, 0.3) is 0 Å². The van der Waals surface area contributed by atoms with Crippen molar-refractivity contribution in [3.63, 3.8) is 0 Å². The van der Waals surface area contributed by atoms with Crippen molar-refractivity contribution in [2.45, 2.75) is 13.0 Å². The zero-order valence-corrected chi connectivity index (χ0v) is 10.4. The quantitative estimate of drug-likeness (QED) is 0.785. The zero-order valence-electron chi connectivity index (χ0n) is 10.4. The SMILES string of the molecule is N#Cc1ccc(CC(=O)OCc2ccccc2)cc1. The fourth-order valence-corrected chi connectivity index (χ4v) is 1.65. The highest BCUT2D eigenvalue weighted by Gasteiger charge is 2.05. The third kappa shape index (κ3) is 3.97. The van der Waals surface area contributed by atoms with Crippen LogP contribution < -0.4 is 0 Å². The molecule has 0 aromatic heterocycles. The van der Waals surface area contributed by atoms with Crippen molar-refractivity contribution < 1.29 is 9.53 Å². The highest BCUT2D eigenvalue weighted by atomic mass is 16.5. The topological polar surface area (TPSA) is 50.1 Å². The minimum Gasteiger partial charge on any atom is -0.461 e. The van der Waals surface area contributed by atoms with Crippen LogP contribution in [0.4, 0.5) is 0 Å². The first-order valence-corrected chi connectivity index (χ1v) is 5.96. The summed E-state index contributed by atoms with van der Waals surface area (Å²) in [6.07, 6.45) is 0.221. The molecule has 0 aliphatic carbocycles. The van der Waals surface area contributed by atoms with E-state index < -0.39 is 0 Å². The molecule has 3 heteroatoms. The molecule has 0 radical (unpaired) electrons. The number of hydrogen-bond acceptors (Lipinski definition) is 3. The molecule has 0 amide bonds. The maximum absolute atomic E-state index is 11.7. The third-order valence-corrected chi connectivity index (χ3v) is 2.67. The molecule has 0 N–H and O–H groups in total. The summed E-state index contributed by atoms with van der Waals surface area (Å²) in [5, 5.41) is 8.68. The van der Waals surface area contributed by atoms with Crippen molar-refractivity contribution in [1.82, 2.24) is 0 Å². The highest BCUT2D eigenvalue weighted by Crippen LogP contribution is 2.06. The van der Waals surface area contributed by atoms with E-state index in [4.69, 9.17) is 10.00 Å². The third-order valence-electron chi connectivity index (χ3n) is 2.67. The summed E-state index contributed by atoms with van der Waals surface area (Å²) in [4.78, 5) is 11.7. The summed E-state index contributed by atoms with van der Waals surface area (Å²) >= 11 is 0. The summed E-state index contributed by atoms with van der Waals surface area (Å²) in [5.41, 5.74) is 2.40. The Bertz CT molecular complexity index is 582. The first kappa shape index (κ1) is 12.8. The second kappa shape index (κ2) is 6.36. The Morgan fingerprint density at radius 1 is 1.00 bits per heavy atom. The predicted octanol–water partition coefficient (Wildman–Crippen LogP) is 2.84. The lowest BCUT2D eigenvalue weighted by atomic mass is 10.1. The van der Waals surface area contributed by atoms with E-state index in [-0.39, 0.29) is 19.0 Å². The molecule has 2 rings (SSSR count). The van der Waals surface area contributed by atoms with E-state index in [0.29, 0.717) is 5.56 Å². The molecule has 0 bridgehead atoms. The number of esters is 1. The number of carbonyl (C=O) groups excluding carboxylic acids is 1. The minimum atomic E-state index is -0.270. The molecular weight excluding hydrogens is 238 g/mol. The number of carbonyl (C=O) groups is 1.